The predicted octanol–water partition coefficient (Wildman–Crippen LogP) is 2.52. The van der Waals surface area contributed by atoms with Gasteiger partial charge in [0.25, 0.3) is 5.91 Å². The SMILES string of the molecule is O=C(Nc1ccc(Nc2ccc(-n3cccn3)nn2)cc1)[C@@H]1CCCO1. The molecule has 1 aromatic carbocycles. The highest BCUT2D eigenvalue weighted by atomic mass is 16.5. The van der Waals surface area contributed by atoms with Gasteiger partial charge in [-0.15, -0.1) is 10.2 Å². The van der Waals surface area contributed by atoms with Gasteiger partial charge in [-0.25, -0.2) is 4.68 Å². The largest absolute Gasteiger partial charge is 0.368 e. The molecule has 0 unspecified atom stereocenters. The third kappa shape index (κ3) is 3.70. The molecule has 1 saturated heterocycles. The fourth-order valence-electron chi connectivity index (χ4n) is 2.71. The van der Waals surface area contributed by atoms with Gasteiger partial charge in [-0.2, -0.15) is 5.10 Å². The van der Waals surface area contributed by atoms with Crippen molar-refractivity contribution in [2.45, 2.75) is 18.9 Å². The first-order valence-electron chi connectivity index (χ1n) is 8.41. The van der Waals surface area contributed by atoms with Crippen LogP contribution in [0.25, 0.3) is 5.82 Å². The number of rotatable bonds is 5. The first-order valence-corrected chi connectivity index (χ1v) is 8.41. The van der Waals surface area contributed by atoms with Gasteiger partial charge in [-0.3, -0.25) is 4.79 Å². The minimum Gasteiger partial charge on any atom is -0.368 e. The van der Waals surface area contributed by atoms with Crippen LogP contribution in [0.5, 0.6) is 0 Å². The highest BCUT2D eigenvalue weighted by Crippen LogP contribution is 2.19. The van der Waals surface area contributed by atoms with E-state index in [9.17, 15) is 4.79 Å². The number of benzene rings is 1. The minimum atomic E-state index is -0.337. The summed E-state index contributed by atoms with van der Waals surface area (Å²) < 4.78 is 7.02. The Balaban J connectivity index is 1.37. The molecular formula is C18H18N6O2. The van der Waals surface area contributed by atoms with Crippen LogP contribution >= 0.6 is 0 Å². The fourth-order valence-corrected chi connectivity index (χ4v) is 2.71. The van der Waals surface area contributed by atoms with E-state index in [1.165, 1.54) is 0 Å². The minimum absolute atomic E-state index is 0.0942. The Morgan fingerprint density at radius 2 is 1.96 bits per heavy atom. The number of anilines is 3. The highest BCUT2D eigenvalue weighted by molar-refractivity contribution is 5.94. The van der Waals surface area contributed by atoms with Crippen molar-refractivity contribution in [1.29, 1.82) is 0 Å². The molecule has 4 rings (SSSR count). The van der Waals surface area contributed by atoms with Crippen LogP contribution in [0.15, 0.2) is 54.9 Å². The van der Waals surface area contributed by atoms with Gasteiger partial charge >= 0.3 is 0 Å². The van der Waals surface area contributed by atoms with E-state index < -0.39 is 0 Å². The van der Waals surface area contributed by atoms with Crippen molar-refractivity contribution in [1.82, 2.24) is 20.0 Å². The Labute approximate surface area is 150 Å². The number of aromatic nitrogens is 4. The van der Waals surface area contributed by atoms with Crippen LogP contribution in [0.3, 0.4) is 0 Å². The monoisotopic (exact) mass is 350 g/mol. The maximum absolute atomic E-state index is 12.0. The first kappa shape index (κ1) is 16.2. The molecule has 0 aliphatic carbocycles. The lowest BCUT2D eigenvalue weighted by Gasteiger charge is -2.11. The van der Waals surface area contributed by atoms with Gasteiger partial charge in [0.1, 0.15) is 6.10 Å². The van der Waals surface area contributed by atoms with Crippen LogP contribution in [0.4, 0.5) is 17.2 Å². The van der Waals surface area contributed by atoms with Gasteiger partial charge in [-0.1, -0.05) is 0 Å². The third-order valence-electron chi connectivity index (χ3n) is 4.04. The first-order chi connectivity index (χ1) is 12.8. The summed E-state index contributed by atoms with van der Waals surface area (Å²) in [6.45, 7) is 0.654. The van der Waals surface area contributed by atoms with E-state index in [1.807, 2.05) is 42.5 Å². The molecule has 1 fully saturated rings. The second-order valence-corrected chi connectivity index (χ2v) is 5.92. The van der Waals surface area contributed by atoms with Gasteiger partial charge in [0, 0.05) is 30.4 Å². The van der Waals surface area contributed by atoms with E-state index in [0.29, 0.717) is 18.2 Å². The lowest BCUT2D eigenvalue weighted by Crippen LogP contribution is -2.26. The van der Waals surface area contributed by atoms with Crippen LogP contribution in [-0.4, -0.2) is 38.6 Å². The van der Waals surface area contributed by atoms with Crippen molar-refractivity contribution in [3.05, 3.63) is 54.9 Å². The van der Waals surface area contributed by atoms with Crippen molar-refractivity contribution in [3.8, 4) is 5.82 Å². The number of nitrogens with one attached hydrogen (secondary N) is 2. The van der Waals surface area contributed by atoms with Crippen molar-refractivity contribution in [2.75, 3.05) is 17.2 Å². The van der Waals surface area contributed by atoms with Crippen molar-refractivity contribution in [3.63, 3.8) is 0 Å². The van der Waals surface area contributed by atoms with E-state index in [2.05, 4.69) is 25.9 Å². The lowest BCUT2D eigenvalue weighted by atomic mass is 10.2. The van der Waals surface area contributed by atoms with E-state index in [0.717, 1.165) is 24.2 Å². The van der Waals surface area contributed by atoms with E-state index in [-0.39, 0.29) is 12.0 Å². The molecular weight excluding hydrogens is 332 g/mol. The van der Waals surface area contributed by atoms with Crippen molar-refractivity contribution >= 4 is 23.1 Å². The summed E-state index contributed by atoms with van der Waals surface area (Å²) in [6, 6.07) is 12.9. The van der Waals surface area contributed by atoms with Crippen molar-refractivity contribution < 1.29 is 9.53 Å². The Morgan fingerprint density at radius 3 is 2.62 bits per heavy atom. The average molecular weight is 350 g/mol. The number of carbonyl (C=O) groups excluding carboxylic acids is 1. The third-order valence-corrected chi connectivity index (χ3v) is 4.04. The number of nitrogens with zero attached hydrogens (tertiary/aromatic N) is 4. The summed E-state index contributed by atoms with van der Waals surface area (Å²) in [4.78, 5) is 12.0. The van der Waals surface area contributed by atoms with Gasteiger partial charge < -0.3 is 15.4 Å². The molecule has 3 heterocycles. The molecule has 1 amide bonds. The topological polar surface area (TPSA) is 94.0 Å². The van der Waals surface area contributed by atoms with Gasteiger partial charge in [0.05, 0.1) is 0 Å². The second kappa shape index (κ2) is 7.32. The predicted molar refractivity (Wildman–Crippen MR) is 96.5 cm³/mol. The molecule has 26 heavy (non-hydrogen) atoms. The molecule has 2 N–H and O–H groups in total. The van der Waals surface area contributed by atoms with Crippen molar-refractivity contribution in [2.24, 2.45) is 0 Å². The summed E-state index contributed by atoms with van der Waals surface area (Å²) >= 11 is 0. The molecule has 0 bridgehead atoms. The summed E-state index contributed by atoms with van der Waals surface area (Å²) in [5.74, 6) is 1.17. The summed E-state index contributed by atoms with van der Waals surface area (Å²) in [5, 5.41) is 18.4. The van der Waals surface area contributed by atoms with E-state index in [4.69, 9.17) is 4.74 Å². The zero-order valence-corrected chi connectivity index (χ0v) is 14.0. The highest BCUT2D eigenvalue weighted by Gasteiger charge is 2.23. The molecule has 1 aliphatic heterocycles. The second-order valence-electron chi connectivity index (χ2n) is 5.92. The van der Waals surface area contributed by atoms with Crippen LogP contribution < -0.4 is 10.6 Å². The smallest absolute Gasteiger partial charge is 0.253 e. The molecule has 3 aromatic rings. The van der Waals surface area contributed by atoms with E-state index >= 15 is 0 Å². The summed E-state index contributed by atoms with van der Waals surface area (Å²) in [5.41, 5.74) is 1.58. The van der Waals surface area contributed by atoms with Gasteiger partial charge in [0.15, 0.2) is 11.6 Å². The molecule has 8 heteroatoms. The Bertz CT molecular complexity index is 856. The molecule has 1 atom stereocenters. The quantitative estimate of drug-likeness (QED) is 0.734. The number of hydrogen-bond donors (Lipinski definition) is 2. The van der Waals surface area contributed by atoms with Crippen LogP contribution in [-0.2, 0) is 9.53 Å². The Morgan fingerprint density at radius 1 is 1.12 bits per heavy atom. The normalized spacial score (nSPS) is 16.4. The Hall–Kier alpha value is -3.26. The van der Waals surface area contributed by atoms with Crippen LogP contribution in [0.1, 0.15) is 12.8 Å². The number of hydrogen-bond acceptors (Lipinski definition) is 6. The summed E-state index contributed by atoms with van der Waals surface area (Å²) in [7, 11) is 0. The number of amides is 1. The maximum Gasteiger partial charge on any atom is 0.253 e. The number of ether oxygens (including phenoxy) is 1. The van der Waals surface area contributed by atoms with Crippen LogP contribution in [0, 0.1) is 0 Å². The molecule has 0 radical (unpaired) electrons. The fraction of sp³-hybridized carbons (Fsp3) is 0.222. The molecule has 1 aliphatic rings. The zero-order valence-electron chi connectivity index (χ0n) is 14.0. The zero-order chi connectivity index (χ0) is 17.8. The van der Waals surface area contributed by atoms with E-state index in [1.54, 1.807) is 17.1 Å². The molecule has 8 nitrogen and oxygen atoms in total. The number of carbonyl (C=O) groups is 1. The summed E-state index contributed by atoms with van der Waals surface area (Å²) in [6.07, 6.45) is 4.87. The standard InChI is InChI=1S/C18H18N6O2/c25-18(15-3-1-12-26-15)21-14-6-4-13(5-7-14)20-16-8-9-17(23-22-16)24-11-2-10-19-24/h2,4-11,15H,1,3,12H2,(H,20,22)(H,21,25)/t15-/m0/s1. The van der Waals surface area contributed by atoms with Gasteiger partial charge in [-0.05, 0) is 55.3 Å². The Kier molecular flexibility index (Phi) is 4.57. The van der Waals surface area contributed by atoms with Crippen LogP contribution in [0.2, 0.25) is 0 Å². The van der Waals surface area contributed by atoms with Gasteiger partial charge in [0.2, 0.25) is 0 Å². The lowest BCUT2D eigenvalue weighted by molar-refractivity contribution is -0.124. The molecule has 0 spiro atoms. The maximum atomic E-state index is 12.0. The molecule has 132 valence electrons. The molecule has 2 aromatic heterocycles. The molecule has 0 saturated carbocycles. The average Bonchev–Trinajstić information content (AvgIpc) is 3.38.